The maximum absolute atomic E-state index is 13.0. The van der Waals surface area contributed by atoms with Crippen molar-refractivity contribution >= 4 is 10.0 Å². The monoisotopic (exact) mass is 303 g/mol. The molecule has 0 radical (unpaired) electrons. The van der Waals surface area contributed by atoms with Gasteiger partial charge >= 0.3 is 0 Å². The molecule has 2 rings (SSSR count). The molecule has 1 aromatic carbocycles. The molecule has 7 heteroatoms. The number of hydrogen-bond acceptors (Lipinski definition) is 4. The second-order valence-electron chi connectivity index (χ2n) is 5.07. The quantitative estimate of drug-likeness (QED) is 0.868. The van der Waals surface area contributed by atoms with Gasteiger partial charge in [0, 0.05) is 32.6 Å². The standard InChI is InChI=1S/C13H18FNO4S/c1-10-8-11(14)2-3-12(10)20(17,18)15-9-13(16)4-6-19-7-5-13/h2-3,8,15-16H,4-7,9H2,1H3. The third-order valence-corrected chi connectivity index (χ3v) is 5.00. The Bertz CT molecular complexity index is 582. The van der Waals surface area contributed by atoms with E-state index in [4.69, 9.17) is 4.74 Å². The second kappa shape index (κ2) is 5.77. The highest BCUT2D eigenvalue weighted by molar-refractivity contribution is 7.89. The van der Waals surface area contributed by atoms with Crippen LogP contribution in [0.4, 0.5) is 4.39 Å². The molecule has 0 saturated carbocycles. The summed E-state index contributed by atoms with van der Waals surface area (Å²) in [6, 6.07) is 3.49. The highest BCUT2D eigenvalue weighted by Crippen LogP contribution is 2.21. The fourth-order valence-corrected chi connectivity index (χ4v) is 3.49. The number of halogens is 1. The molecule has 1 aliphatic rings. The molecule has 1 saturated heterocycles. The van der Waals surface area contributed by atoms with Crippen LogP contribution in [0.25, 0.3) is 0 Å². The van der Waals surface area contributed by atoms with E-state index in [1.807, 2.05) is 0 Å². The van der Waals surface area contributed by atoms with Gasteiger partial charge in [-0.15, -0.1) is 0 Å². The van der Waals surface area contributed by atoms with E-state index in [1.165, 1.54) is 13.0 Å². The Morgan fingerprint density at radius 2 is 2.05 bits per heavy atom. The van der Waals surface area contributed by atoms with Crippen molar-refractivity contribution in [1.29, 1.82) is 0 Å². The van der Waals surface area contributed by atoms with E-state index < -0.39 is 21.4 Å². The molecule has 0 spiro atoms. The molecule has 1 aromatic rings. The summed E-state index contributed by atoms with van der Waals surface area (Å²) in [4.78, 5) is 0.0227. The van der Waals surface area contributed by atoms with Gasteiger partial charge in [0.25, 0.3) is 0 Å². The molecule has 1 heterocycles. The number of aliphatic hydroxyl groups is 1. The average Bonchev–Trinajstić information content (AvgIpc) is 2.37. The van der Waals surface area contributed by atoms with E-state index in [1.54, 1.807) is 0 Å². The Kier molecular flexibility index (Phi) is 4.43. The minimum atomic E-state index is -3.76. The van der Waals surface area contributed by atoms with Gasteiger partial charge in [-0.2, -0.15) is 0 Å². The van der Waals surface area contributed by atoms with Gasteiger partial charge in [-0.25, -0.2) is 17.5 Å². The van der Waals surface area contributed by atoms with Gasteiger partial charge in [0.1, 0.15) is 5.82 Å². The lowest BCUT2D eigenvalue weighted by Gasteiger charge is -2.32. The Labute approximate surface area is 117 Å². The second-order valence-corrected chi connectivity index (χ2v) is 6.81. The van der Waals surface area contributed by atoms with Gasteiger partial charge in [-0.1, -0.05) is 0 Å². The van der Waals surface area contributed by atoms with Crippen molar-refractivity contribution < 1.29 is 22.7 Å². The number of benzene rings is 1. The molecule has 0 aliphatic carbocycles. The molecule has 0 unspecified atom stereocenters. The maximum atomic E-state index is 13.0. The van der Waals surface area contributed by atoms with Crippen LogP contribution in [0.5, 0.6) is 0 Å². The van der Waals surface area contributed by atoms with E-state index in [-0.39, 0.29) is 11.4 Å². The average molecular weight is 303 g/mol. The number of aryl methyl sites for hydroxylation is 1. The van der Waals surface area contributed by atoms with E-state index in [9.17, 15) is 17.9 Å². The van der Waals surface area contributed by atoms with Crippen molar-refractivity contribution in [2.45, 2.75) is 30.3 Å². The largest absolute Gasteiger partial charge is 0.388 e. The summed E-state index contributed by atoms with van der Waals surface area (Å²) >= 11 is 0. The van der Waals surface area contributed by atoms with E-state index in [2.05, 4.69) is 4.72 Å². The smallest absolute Gasteiger partial charge is 0.240 e. The summed E-state index contributed by atoms with van der Waals surface area (Å²) < 4.78 is 44.9. The number of rotatable bonds is 4. The Morgan fingerprint density at radius 1 is 1.40 bits per heavy atom. The van der Waals surface area contributed by atoms with Gasteiger partial charge in [0.15, 0.2) is 0 Å². The van der Waals surface area contributed by atoms with Crippen LogP contribution in [0.1, 0.15) is 18.4 Å². The van der Waals surface area contributed by atoms with Crippen LogP contribution in [-0.4, -0.2) is 38.9 Å². The predicted octanol–water partition coefficient (Wildman–Crippen LogP) is 0.954. The molecule has 1 aliphatic heterocycles. The third kappa shape index (κ3) is 3.54. The maximum Gasteiger partial charge on any atom is 0.240 e. The van der Waals surface area contributed by atoms with E-state index in [0.717, 1.165) is 12.1 Å². The zero-order valence-electron chi connectivity index (χ0n) is 11.2. The van der Waals surface area contributed by atoms with E-state index in [0.29, 0.717) is 31.6 Å². The van der Waals surface area contributed by atoms with Crippen LogP contribution < -0.4 is 4.72 Å². The van der Waals surface area contributed by atoms with Crippen molar-refractivity contribution in [3.63, 3.8) is 0 Å². The highest BCUT2D eigenvalue weighted by Gasteiger charge is 2.31. The topological polar surface area (TPSA) is 75.6 Å². The SMILES string of the molecule is Cc1cc(F)ccc1S(=O)(=O)NCC1(O)CCOCC1. The lowest BCUT2D eigenvalue weighted by Crippen LogP contribution is -2.46. The van der Waals surface area contributed by atoms with Gasteiger partial charge in [0.05, 0.1) is 10.5 Å². The van der Waals surface area contributed by atoms with Crippen molar-refractivity contribution in [3.05, 3.63) is 29.6 Å². The fourth-order valence-electron chi connectivity index (χ4n) is 2.15. The molecule has 5 nitrogen and oxygen atoms in total. The summed E-state index contributed by atoms with van der Waals surface area (Å²) in [5.41, 5.74) is -0.754. The van der Waals surface area contributed by atoms with Crippen molar-refractivity contribution in [2.24, 2.45) is 0 Å². The summed E-state index contributed by atoms with van der Waals surface area (Å²) in [7, 11) is -3.76. The first-order valence-corrected chi connectivity index (χ1v) is 7.87. The molecule has 0 bridgehead atoms. The molecule has 112 valence electrons. The molecular formula is C13H18FNO4S. The fraction of sp³-hybridized carbons (Fsp3) is 0.538. The first-order valence-electron chi connectivity index (χ1n) is 6.38. The van der Waals surface area contributed by atoms with Crippen LogP contribution in [0.3, 0.4) is 0 Å². The first-order chi connectivity index (χ1) is 9.32. The Balaban J connectivity index is 2.11. The molecule has 0 atom stereocenters. The zero-order chi connectivity index (χ0) is 14.8. The van der Waals surface area contributed by atoms with Crippen LogP contribution in [-0.2, 0) is 14.8 Å². The molecule has 0 aromatic heterocycles. The summed E-state index contributed by atoms with van der Waals surface area (Å²) in [5, 5.41) is 10.2. The van der Waals surface area contributed by atoms with E-state index >= 15 is 0 Å². The molecule has 2 N–H and O–H groups in total. The Hall–Kier alpha value is -1.02. The van der Waals surface area contributed by atoms with Crippen molar-refractivity contribution in [3.8, 4) is 0 Å². The predicted molar refractivity (Wildman–Crippen MR) is 71.3 cm³/mol. The lowest BCUT2D eigenvalue weighted by atomic mass is 9.95. The summed E-state index contributed by atoms with van der Waals surface area (Å²) in [6.45, 7) is 2.28. The number of nitrogens with one attached hydrogen (secondary N) is 1. The third-order valence-electron chi connectivity index (χ3n) is 3.44. The van der Waals surface area contributed by atoms with Crippen LogP contribution in [0, 0.1) is 12.7 Å². The first kappa shape index (κ1) is 15.4. The molecule has 0 amide bonds. The van der Waals surface area contributed by atoms with Crippen molar-refractivity contribution in [1.82, 2.24) is 4.72 Å². The van der Waals surface area contributed by atoms with Gasteiger partial charge < -0.3 is 9.84 Å². The normalized spacial score (nSPS) is 18.9. The number of ether oxygens (including phenoxy) is 1. The van der Waals surface area contributed by atoms with Crippen LogP contribution in [0.2, 0.25) is 0 Å². The summed E-state index contributed by atoms with van der Waals surface area (Å²) in [5.74, 6) is -0.482. The number of hydrogen-bond donors (Lipinski definition) is 2. The van der Waals surface area contributed by atoms with Gasteiger partial charge in [-0.3, -0.25) is 0 Å². The molecule has 1 fully saturated rings. The van der Waals surface area contributed by atoms with Gasteiger partial charge in [0.2, 0.25) is 10.0 Å². The minimum Gasteiger partial charge on any atom is -0.388 e. The highest BCUT2D eigenvalue weighted by atomic mass is 32.2. The minimum absolute atomic E-state index is 0.0227. The molecular weight excluding hydrogens is 285 g/mol. The number of sulfonamides is 1. The summed E-state index contributed by atoms with van der Waals surface area (Å²) in [6.07, 6.45) is 0.774. The zero-order valence-corrected chi connectivity index (χ0v) is 12.0. The lowest BCUT2D eigenvalue weighted by molar-refractivity contribution is -0.0588. The molecule has 20 heavy (non-hydrogen) atoms. The van der Waals surface area contributed by atoms with Crippen LogP contribution in [0.15, 0.2) is 23.1 Å². The van der Waals surface area contributed by atoms with Crippen molar-refractivity contribution in [2.75, 3.05) is 19.8 Å². The van der Waals surface area contributed by atoms with Crippen LogP contribution >= 0.6 is 0 Å². The Morgan fingerprint density at radius 3 is 2.65 bits per heavy atom. The van der Waals surface area contributed by atoms with Gasteiger partial charge in [-0.05, 0) is 30.7 Å².